The van der Waals surface area contributed by atoms with Gasteiger partial charge in [-0.15, -0.1) is 0 Å². The van der Waals surface area contributed by atoms with Crippen molar-refractivity contribution < 1.29 is 68.8 Å². The predicted molar refractivity (Wildman–Crippen MR) is 371 cm³/mol. The molecule has 536 valence electrons. The maximum atomic E-state index is 11.7. The molecular formula is C67H90N14O15S3. The zero-order valence-electron chi connectivity index (χ0n) is 55.8. The number of nitrogens with zero attached hydrogens (tertiary/aromatic N) is 8. The Labute approximate surface area is 576 Å². The highest BCUT2D eigenvalue weighted by molar-refractivity contribution is 7.89. The second kappa shape index (κ2) is 34.1. The number of nitrogens with one attached hydrogen (secondary N) is 5. The largest absolute Gasteiger partial charge is 0.387 e. The van der Waals surface area contributed by atoms with Crippen LogP contribution in [0.25, 0.3) is 22.3 Å². The van der Waals surface area contributed by atoms with Crippen molar-refractivity contribution in [2.24, 2.45) is 5.73 Å². The third-order valence-corrected chi connectivity index (χ3v) is 19.9. The average molecular weight is 1430 g/mol. The lowest BCUT2D eigenvalue weighted by molar-refractivity contribution is -0.0580. The lowest BCUT2D eigenvalue weighted by Gasteiger charge is -2.29. The molecule has 4 aromatic heterocycles. The second-order valence-corrected chi connectivity index (χ2v) is 30.6. The molecule has 0 radical (unpaired) electrons. The maximum absolute atomic E-state index is 11.7. The average Bonchev–Trinajstić information content (AvgIpc) is 1.63. The molecule has 2 aliphatic heterocycles. The highest BCUT2D eigenvalue weighted by Crippen LogP contribution is 2.36. The fourth-order valence-corrected chi connectivity index (χ4v) is 14.9. The molecule has 29 nitrogen and oxygen atoms in total. The molecule has 32 heteroatoms. The van der Waals surface area contributed by atoms with Crippen LogP contribution < -0.4 is 31.1 Å². The van der Waals surface area contributed by atoms with Crippen LogP contribution >= 0.6 is 0 Å². The number of sulfonamides is 2. The van der Waals surface area contributed by atoms with Gasteiger partial charge in [-0.05, 0) is 73.6 Å². The minimum absolute atomic E-state index is 0.0323. The first-order valence-electron chi connectivity index (χ1n) is 32.9. The summed E-state index contributed by atoms with van der Waals surface area (Å²) in [6, 6.07) is 41.1. The first kappa shape index (κ1) is 74.6. The van der Waals surface area contributed by atoms with Gasteiger partial charge in [0, 0.05) is 63.3 Å². The molecule has 4 aliphatic rings. The lowest BCUT2D eigenvalue weighted by Crippen LogP contribution is -2.41. The Balaban J connectivity index is 0.000000185. The van der Waals surface area contributed by atoms with E-state index < -0.39 is 85.9 Å². The van der Waals surface area contributed by atoms with Crippen LogP contribution in [0, 0.1) is 0 Å². The molecule has 0 amide bonds. The van der Waals surface area contributed by atoms with Crippen molar-refractivity contribution in [3.8, 4) is 0 Å². The van der Waals surface area contributed by atoms with Crippen LogP contribution in [-0.4, -0.2) is 205 Å². The van der Waals surface area contributed by atoms with Gasteiger partial charge in [0.25, 0.3) is 10.1 Å². The van der Waals surface area contributed by atoms with Gasteiger partial charge in [0.15, 0.2) is 52.2 Å². The Morgan fingerprint density at radius 2 is 0.879 bits per heavy atom. The first-order chi connectivity index (χ1) is 47.4. The maximum Gasteiger partial charge on any atom is 0.264 e. The van der Waals surface area contributed by atoms with Crippen LogP contribution in [0.1, 0.15) is 110 Å². The van der Waals surface area contributed by atoms with Crippen molar-refractivity contribution in [3.63, 3.8) is 0 Å². The van der Waals surface area contributed by atoms with Gasteiger partial charge in [-0.2, -0.15) is 8.42 Å². The van der Waals surface area contributed by atoms with Crippen molar-refractivity contribution in [3.05, 3.63) is 168 Å². The number of benzene rings is 4. The molecule has 0 bridgehead atoms. The number of hydrogen-bond donors (Lipinski definition) is 10. The minimum atomic E-state index is -3.76. The quantitative estimate of drug-likeness (QED) is 0.0344. The van der Waals surface area contributed by atoms with Gasteiger partial charge >= 0.3 is 0 Å². The van der Waals surface area contributed by atoms with Gasteiger partial charge in [0.05, 0.1) is 51.2 Å². The number of methoxy groups -OCH3 is 2. The van der Waals surface area contributed by atoms with Crippen LogP contribution in [0.3, 0.4) is 0 Å². The third kappa shape index (κ3) is 20.4. The number of fused-ring (bicyclic) bond motifs is 2. The molecule has 4 aromatic carbocycles. The number of aliphatic hydroxyl groups excluding tert-OH is 4. The van der Waals surface area contributed by atoms with Crippen molar-refractivity contribution in [2.75, 3.05) is 69.9 Å². The van der Waals surface area contributed by atoms with E-state index in [2.05, 4.69) is 93.9 Å². The summed E-state index contributed by atoms with van der Waals surface area (Å²) >= 11 is 0. The number of hydrogen-bond acceptors (Lipinski definition) is 25. The van der Waals surface area contributed by atoms with Crippen molar-refractivity contribution in [1.29, 1.82) is 0 Å². The van der Waals surface area contributed by atoms with E-state index >= 15 is 0 Å². The van der Waals surface area contributed by atoms with E-state index in [1.807, 2.05) is 72.8 Å². The summed E-state index contributed by atoms with van der Waals surface area (Å²) in [7, 11) is -7.05. The molecule has 12 rings (SSSR count). The van der Waals surface area contributed by atoms with Crippen molar-refractivity contribution in [2.45, 2.75) is 150 Å². The molecule has 2 saturated heterocycles. The molecule has 2 aliphatic carbocycles. The Kier molecular flexibility index (Phi) is 25.7. The molecule has 99 heavy (non-hydrogen) atoms. The fourth-order valence-electron chi connectivity index (χ4n) is 12.9. The Morgan fingerprint density at radius 1 is 0.515 bits per heavy atom. The van der Waals surface area contributed by atoms with E-state index in [1.54, 1.807) is 10.9 Å². The monoisotopic (exact) mass is 1430 g/mol. The molecule has 4 fully saturated rings. The van der Waals surface area contributed by atoms with E-state index in [1.165, 1.54) is 37.6 Å². The molecule has 0 unspecified atom stereocenters. The zero-order chi connectivity index (χ0) is 70.4. The molecule has 8 atom stereocenters. The summed E-state index contributed by atoms with van der Waals surface area (Å²) in [5.41, 5.74) is 11.8. The Hall–Kier alpha value is -7.09. The third-order valence-electron chi connectivity index (χ3n) is 17.8. The van der Waals surface area contributed by atoms with Crippen molar-refractivity contribution >= 4 is 64.1 Å². The van der Waals surface area contributed by atoms with E-state index in [0.717, 1.165) is 79.9 Å². The molecular weight excluding hydrogens is 1340 g/mol. The smallest absolute Gasteiger partial charge is 0.264 e. The SMILES string of the molecule is COC[C@H]1O[C@@H](n2cnc3c(NCC(c4ccccc4)c4ccccc4)nc(CNC4CCC(NS(C)(=O)=O)CC4)nc32)[C@H](O)[C@@H]1O.COC[C@H]1O[C@@H](n2cnc3c(NCC(c4ccccc4)c4ccccc4)nc(COS(C)(=O)=O)nc32)[C@H](O)[C@@H]1O.CS(=O)(=O)NC1CCC(N)CC1. The van der Waals surface area contributed by atoms with Gasteiger partial charge in [-0.3, -0.25) is 13.3 Å². The van der Waals surface area contributed by atoms with E-state index in [0.29, 0.717) is 53.8 Å². The molecule has 11 N–H and O–H groups in total. The van der Waals surface area contributed by atoms with Crippen molar-refractivity contribution in [1.82, 2.24) is 53.8 Å². The standard InChI is InChI=1S/C33H43N7O6S.C27H31N5O7S.C7H16N2O2S/c1-45-19-26-29(41)30(42)33(46-26)40-20-36-28-31(35-17-25(21-9-5-3-6-10-21)22-11-7-4-8-12-22)37-27(38-32(28)40)18-34-23-13-15-24(16-14-23)39-47(2,43)44;1-37-14-20-23(33)24(34)27(39-20)32-16-29-22-25(30-21(31-26(22)32)15-38-40(2,35)36)28-13-19(17-9-5-3-6-10-17)18-11-7-4-8-12-18;1-12(10,11)9-7-4-2-6(8)3-5-7/h3-12,20,23-26,29-30,33-34,39,41-42H,13-19H2,1-2H3,(H,35,37,38);3-12,16,19-20,23-24,27,33-34H,13-15H2,1-2H3,(H,28,30,31);6-7,9H,2-5,8H2,1H3/t23?,24?,26-,29-,30-,33-;20-,23-,24-,27-;/m11./s1. The number of ether oxygens (including phenoxy) is 4. The van der Waals surface area contributed by atoms with E-state index in [-0.39, 0.29) is 60.7 Å². The van der Waals surface area contributed by atoms with E-state index in [4.69, 9.17) is 38.8 Å². The highest BCUT2D eigenvalue weighted by Gasteiger charge is 2.46. The van der Waals surface area contributed by atoms with Crippen LogP contribution in [0.15, 0.2) is 134 Å². The summed E-state index contributed by atoms with van der Waals surface area (Å²) in [5.74, 6) is 1.51. The van der Waals surface area contributed by atoms with Gasteiger partial charge in [0.2, 0.25) is 20.0 Å². The molecule has 6 heterocycles. The minimum Gasteiger partial charge on any atom is -0.387 e. The summed E-state index contributed by atoms with van der Waals surface area (Å²) in [4.78, 5) is 27.9. The summed E-state index contributed by atoms with van der Waals surface area (Å²) in [5, 5.41) is 53.2. The summed E-state index contributed by atoms with van der Waals surface area (Å²) in [6.45, 7) is 1.15. The van der Waals surface area contributed by atoms with Gasteiger partial charge in [0.1, 0.15) is 49.1 Å². The molecule has 0 spiro atoms. The summed E-state index contributed by atoms with van der Waals surface area (Å²) < 4.78 is 104. The number of aromatic nitrogens is 8. The van der Waals surface area contributed by atoms with Gasteiger partial charge in [-0.1, -0.05) is 121 Å². The molecule has 2 saturated carbocycles. The molecule has 8 aromatic rings. The first-order valence-corrected chi connectivity index (χ1v) is 38.5. The Morgan fingerprint density at radius 3 is 1.25 bits per heavy atom. The zero-order valence-corrected chi connectivity index (χ0v) is 58.3. The van der Waals surface area contributed by atoms with Crippen LogP contribution in [0.5, 0.6) is 0 Å². The van der Waals surface area contributed by atoms with Gasteiger partial charge in [-0.25, -0.2) is 56.2 Å². The topological polar surface area (TPSA) is 403 Å². The number of rotatable bonds is 26. The van der Waals surface area contributed by atoms with Gasteiger partial charge < -0.3 is 61.1 Å². The fraction of sp³-hybridized carbons (Fsp3) is 0.493. The predicted octanol–water partition coefficient (Wildman–Crippen LogP) is 3.90. The summed E-state index contributed by atoms with van der Waals surface area (Å²) in [6.07, 6.45) is 4.82. The van der Waals surface area contributed by atoms with E-state index in [9.17, 15) is 45.7 Å². The number of aliphatic hydroxyl groups is 4. The van der Waals surface area contributed by atoms with Crippen LogP contribution in [0.4, 0.5) is 11.6 Å². The normalized spacial score (nSPS) is 24.4. The number of anilines is 2. The second-order valence-electron chi connectivity index (χ2n) is 25.4. The highest BCUT2D eigenvalue weighted by atomic mass is 32.2. The van der Waals surface area contributed by atoms with Crippen LogP contribution in [-0.2, 0) is 66.4 Å². The lowest BCUT2D eigenvalue weighted by atomic mass is 9.91. The van der Waals surface area contributed by atoms with Crippen LogP contribution in [0.2, 0.25) is 0 Å². The number of nitrogens with two attached hydrogens (primary N) is 1. The Bertz CT molecular complexity index is 4140. The number of imidazole rings is 2.